The highest BCUT2D eigenvalue weighted by atomic mass is 32.2. The monoisotopic (exact) mass is 368 g/mol. The van der Waals surface area contributed by atoms with Crippen molar-refractivity contribution in [1.82, 2.24) is 14.4 Å². The zero-order valence-electron chi connectivity index (χ0n) is 13.4. The Labute approximate surface area is 149 Å². The molecule has 0 saturated heterocycles. The van der Waals surface area contributed by atoms with Crippen LogP contribution in [0.3, 0.4) is 0 Å². The topological polar surface area (TPSA) is 76.4 Å². The highest BCUT2D eigenvalue weighted by molar-refractivity contribution is 7.92. The first-order chi connectivity index (χ1) is 12.5. The number of sulfonamides is 1. The first-order valence-electron chi connectivity index (χ1n) is 7.70. The Morgan fingerprint density at radius 1 is 1.04 bits per heavy atom. The van der Waals surface area contributed by atoms with Gasteiger partial charge in [0, 0.05) is 29.8 Å². The number of aromatic nitrogens is 3. The Balaban J connectivity index is 1.59. The van der Waals surface area contributed by atoms with Crippen molar-refractivity contribution in [3.8, 4) is 11.3 Å². The van der Waals surface area contributed by atoms with Crippen molar-refractivity contribution in [3.63, 3.8) is 0 Å². The fourth-order valence-corrected chi connectivity index (χ4v) is 3.62. The number of rotatable bonds is 4. The fourth-order valence-electron chi connectivity index (χ4n) is 2.53. The Morgan fingerprint density at radius 3 is 2.58 bits per heavy atom. The van der Waals surface area contributed by atoms with E-state index in [1.807, 2.05) is 18.5 Å². The molecule has 0 saturated carbocycles. The maximum atomic E-state index is 13.3. The minimum absolute atomic E-state index is 0.131. The number of fused-ring (bicyclic) bond motifs is 1. The van der Waals surface area contributed by atoms with Gasteiger partial charge in [-0.3, -0.25) is 9.12 Å². The van der Waals surface area contributed by atoms with E-state index >= 15 is 0 Å². The zero-order chi connectivity index (χ0) is 18.1. The molecule has 0 bridgehead atoms. The first kappa shape index (κ1) is 16.2. The van der Waals surface area contributed by atoms with Gasteiger partial charge in [-0.05, 0) is 36.4 Å². The molecule has 1 N–H and O–H groups in total. The third-order valence-electron chi connectivity index (χ3n) is 3.77. The van der Waals surface area contributed by atoms with Gasteiger partial charge in [0.25, 0.3) is 10.0 Å². The van der Waals surface area contributed by atoms with E-state index in [-0.39, 0.29) is 4.90 Å². The molecule has 8 heteroatoms. The molecule has 4 aromatic rings. The van der Waals surface area contributed by atoms with Crippen LogP contribution in [0.15, 0.2) is 78.1 Å². The van der Waals surface area contributed by atoms with Crippen LogP contribution in [0, 0.1) is 5.82 Å². The molecule has 0 aliphatic heterocycles. The van der Waals surface area contributed by atoms with Gasteiger partial charge in [0.15, 0.2) is 0 Å². The summed E-state index contributed by atoms with van der Waals surface area (Å²) >= 11 is 0. The number of anilines is 1. The van der Waals surface area contributed by atoms with Crippen molar-refractivity contribution >= 4 is 21.5 Å². The Morgan fingerprint density at radius 2 is 1.85 bits per heavy atom. The average Bonchev–Trinajstić information content (AvgIpc) is 3.06. The Bertz CT molecular complexity index is 1150. The van der Waals surface area contributed by atoms with Gasteiger partial charge in [-0.2, -0.15) is 0 Å². The van der Waals surface area contributed by atoms with Crippen molar-refractivity contribution in [2.24, 2.45) is 0 Å². The van der Waals surface area contributed by atoms with Gasteiger partial charge in [-0.25, -0.2) is 22.8 Å². The standard InChI is InChI=1S/C18H13FN4O2S/c19-14-3-1-4-16(11-14)26(24,25)22-15-7-5-13(6-8-15)17-12-23-10-2-9-20-18(23)21-17/h1-12,22H. The normalized spacial score (nSPS) is 11.6. The van der Waals surface area contributed by atoms with Crippen LogP contribution in [0.4, 0.5) is 10.1 Å². The predicted molar refractivity (Wildman–Crippen MR) is 95.6 cm³/mol. The van der Waals surface area contributed by atoms with E-state index in [4.69, 9.17) is 0 Å². The fraction of sp³-hybridized carbons (Fsp3) is 0. The molecule has 0 fully saturated rings. The zero-order valence-corrected chi connectivity index (χ0v) is 14.2. The van der Waals surface area contributed by atoms with Gasteiger partial charge in [-0.15, -0.1) is 0 Å². The summed E-state index contributed by atoms with van der Waals surface area (Å²) in [6, 6.07) is 13.4. The lowest BCUT2D eigenvalue weighted by atomic mass is 10.1. The Hall–Kier alpha value is -3.26. The minimum atomic E-state index is -3.85. The van der Waals surface area contributed by atoms with Gasteiger partial charge >= 0.3 is 0 Å². The summed E-state index contributed by atoms with van der Waals surface area (Å²) in [6.07, 6.45) is 5.35. The highest BCUT2D eigenvalue weighted by Crippen LogP contribution is 2.22. The van der Waals surface area contributed by atoms with E-state index in [1.54, 1.807) is 34.9 Å². The summed E-state index contributed by atoms with van der Waals surface area (Å²) in [7, 11) is -3.85. The van der Waals surface area contributed by atoms with Gasteiger partial charge in [-0.1, -0.05) is 18.2 Å². The summed E-state index contributed by atoms with van der Waals surface area (Å²) in [5, 5.41) is 0. The van der Waals surface area contributed by atoms with Crippen molar-refractivity contribution < 1.29 is 12.8 Å². The molecule has 0 amide bonds. The van der Waals surface area contributed by atoms with E-state index in [2.05, 4.69) is 14.7 Å². The number of imidazole rings is 1. The van der Waals surface area contributed by atoms with Crippen LogP contribution >= 0.6 is 0 Å². The summed E-state index contributed by atoms with van der Waals surface area (Å²) in [6.45, 7) is 0. The molecule has 4 rings (SSSR count). The van der Waals surface area contributed by atoms with Gasteiger partial charge in [0.05, 0.1) is 10.6 Å². The first-order valence-corrected chi connectivity index (χ1v) is 9.18. The third kappa shape index (κ3) is 3.14. The number of hydrogen-bond acceptors (Lipinski definition) is 4. The molecule has 0 unspecified atom stereocenters. The lowest BCUT2D eigenvalue weighted by Crippen LogP contribution is -2.13. The molecule has 0 atom stereocenters. The molecular weight excluding hydrogens is 355 g/mol. The second-order valence-corrected chi connectivity index (χ2v) is 7.28. The molecule has 26 heavy (non-hydrogen) atoms. The molecule has 0 aliphatic carbocycles. The van der Waals surface area contributed by atoms with E-state index in [1.165, 1.54) is 18.2 Å². The molecule has 2 aromatic heterocycles. The molecule has 0 spiro atoms. The van der Waals surface area contributed by atoms with Crippen LogP contribution in [0.1, 0.15) is 0 Å². The smallest absolute Gasteiger partial charge is 0.261 e. The molecule has 6 nitrogen and oxygen atoms in total. The van der Waals surface area contributed by atoms with E-state index in [0.717, 1.165) is 17.3 Å². The highest BCUT2D eigenvalue weighted by Gasteiger charge is 2.15. The van der Waals surface area contributed by atoms with E-state index in [9.17, 15) is 12.8 Å². The quantitative estimate of drug-likeness (QED) is 0.599. The van der Waals surface area contributed by atoms with Crippen molar-refractivity contribution in [1.29, 1.82) is 0 Å². The lowest BCUT2D eigenvalue weighted by molar-refractivity contribution is 0.595. The van der Waals surface area contributed by atoms with Crippen molar-refractivity contribution in [2.45, 2.75) is 4.90 Å². The van der Waals surface area contributed by atoms with Crippen LogP contribution in [0.25, 0.3) is 17.0 Å². The van der Waals surface area contributed by atoms with Crippen LogP contribution < -0.4 is 4.72 Å². The Kier molecular flexibility index (Phi) is 3.89. The lowest BCUT2D eigenvalue weighted by Gasteiger charge is -2.08. The summed E-state index contributed by atoms with van der Waals surface area (Å²) in [5.41, 5.74) is 1.92. The van der Waals surface area contributed by atoms with Gasteiger partial charge in [0.1, 0.15) is 5.82 Å². The average molecular weight is 368 g/mol. The SMILES string of the molecule is O=S(=O)(Nc1ccc(-c2cn3cccnc3n2)cc1)c1cccc(F)c1. The van der Waals surface area contributed by atoms with Gasteiger partial charge < -0.3 is 0 Å². The third-order valence-corrected chi connectivity index (χ3v) is 5.15. The van der Waals surface area contributed by atoms with Gasteiger partial charge in [0.2, 0.25) is 5.78 Å². The molecule has 0 aliphatic rings. The molecule has 0 radical (unpaired) electrons. The van der Waals surface area contributed by atoms with Crippen LogP contribution in [0.2, 0.25) is 0 Å². The maximum Gasteiger partial charge on any atom is 0.261 e. The number of hydrogen-bond donors (Lipinski definition) is 1. The largest absolute Gasteiger partial charge is 0.291 e. The number of nitrogens with one attached hydrogen (secondary N) is 1. The predicted octanol–water partition coefficient (Wildman–Crippen LogP) is 3.34. The molecular formula is C18H13FN4O2S. The number of benzene rings is 2. The summed E-state index contributed by atoms with van der Waals surface area (Å²) in [4.78, 5) is 8.45. The maximum absolute atomic E-state index is 13.3. The molecule has 2 aromatic carbocycles. The van der Waals surface area contributed by atoms with Crippen LogP contribution in [-0.2, 0) is 10.0 Å². The second kappa shape index (κ2) is 6.23. The number of halogens is 1. The van der Waals surface area contributed by atoms with E-state index in [0.29, 0.717) is 11.5 Å². The summed E-state index contributed by atoms with van der Waals surface area (Å²) in [5.74, 6) is -0.0259. The van der Waals surface area contributed by atoms with Crippen LogP contribution in [0.5, 0.6) is 0 Å². The van der Waals surface area contributed by atoms with Crippen molar-refractivity contribution in [3.05, 3.63) is 79.0 Å². The number of nitrogens with zero attached hydrogens (tertiary/aromatic N) is 3. The van der Waals surface area contributed by atoms with E-state index < -0.39 is 15.8 Å². The second-order valence-electron chi connectivity index (χ2n) is 5.59. The summed E-state index contributed by atoms with van der Waals surface area (Å²) < 4.78 is 42.1. The minimum Gasteiger partial charge on any atom is -0.291 e. The molecule has 130 valence electrons. The van der Waals surface area contributed by atoms with Crippen molar-refractivity contribution in [2.75, 3.05) is 4.72 Å². The van der Waals surface area contributed by atoms with Crippen LogP contribution in [-0.4, -0.2) is 22.8 Å². The molecule has 2 heterocycles.